The third-order valence-corrected chi connectivity index (χ3v) is 4.00. The Hall–Kier alpha value is -0.0800. The quantitative estimate of drug-likeness (QED) is 0.780. The van der Waals surface area contributed by atoms with Gasteiger partial charge in [0.05, 0.1) is 6.10 Å². The topological polar surface area (TPSA) is 23.5 Å². The van der Waals surface area contributed by atoms with Gasteiger partial charge in [0.15, 0.2) is 0 Å². The second kappa shape index (κ2) is 6.02. The van der Waals surface area contributed by atoms with Gasteiger partial charge < -0.3 is 5.11 Å². The first-order chi connectivity index (χ1) is 7.50. The highest BCUT2D eigenvalue weighted by Gasteiger charge is 2.36. The van der Waals surface area contributed by atoms with E-state index < -0.39 is 0 Å². The van der Waals surface area contributed by atoms with E-state index in [1.165, 1.54) is 12.8 Å². The van der Waals surface area contributed by atoms with Gasteiger partial charge in [-0.1, -0.05) is 34.1 Å². The Morgan fingerprint density at radius 2 is 2.00 bits per heavy atom. The molecule has 2 heteroatoms. The van der Waals surface area contributed by atoms with Crippen LogP contribution in [0.1, 0.15) is 59.8 Å². The lowest BCUT2D eigenvalue weighted by atomic mass is 9.73. The molecule has 0 aromatic heterocycles. The summed E-state index contributed by atoms with van der Waals surface area (Å²) in [7, 11) is 0. The molecule has 1 N–H and O–H groups in total. The molecule has 96 valence electrons. The van der Waals surface area contributed by atoms with Crippen LogP contribution in [0.15, 0.2) is 0 Å². The summed E-state index contributed by atoms with van der Waals surface area (Å²) >= 11 is 0. The van der Waals surface area contributed by atoms with E-state index in [2.05, 4.69) is 32.6 Å². The Labute approximate surface area is 101 Å². The molecular weight excluding hydrogens is 198 g/mol. The van der Waals surface area contributed by atoms with Crippen molar-refractivity contribution < 1.29 is 5.11 Å². The molecule has 0 radical (unpaired) electrons. The lowest BCUT2D eigenvalue weighted by Crippen LogP contribution is -2.49. The van der Waals surface area contributed by atoms with Crippen molar-refractivity contribution in [3.05, 3.63) is 0 Å². The molecular formula is C14H29NO. The van der Waals surface area contributed by atoms with E-state index in [9.17, 15) is 5.11 Å². The normalized spacial score (nSPS) is 29.6. The second-order valence-electron chi connectivity index (χ2n) is 6.02. The molecule has 0 aromatic rings. The minimum Gasteiger partial charge on any atom is -0.391 e. The van der Waals surface area contributed by atoms with Crippen LogP contribution in [0.4, 0.5) is 0 Å². The third-order valence-electron chi connectivity index (χ3n) is 4.00. The van der Waals surface area contributed by atoms with Crippen LogP contribution in [-0.4, -0.2) is 35.2 Å². The Morgan fingerprint density at radius 1 is 1.31 bits per heavy atom. The van der Waals surface area contributed by atoms with E-state index in [0.717, 1.165) is 32.4 Å². The van der Waals surface area contributed by atoms with Crippen molar-refractivity contribution in [1.82, 2.24) is 4.90 Å². The highest BCUT2D eigenvalue weighted by molar-refractivity contribution is 4.90. The van der Waals surface area contributed by atoms with Gasteiger partial charge in [-0.3, -0.25) is 4.90 Å². The Morgan fingerprint density at radius 3 is 2.56 bits per heavy atom. The number of likely N-dealkylation sites (N-methyl/N-ethyl adjacent to an activating group) is 1. The van der Waals surface area contributed by atoms with E-state index in [0.29, 0.717) is 11.5 Å². The summed E-state index contributed by atoms with van der Waals surface area (Å²) in [5, 5.41) is 10.2. The maximum absolute atomic E-state index is 10.2. The van der Waals surface area contributed by atoms with E-state index in [1.54, 1.807) is 0 Å². The van der Waals surface area contributed by atoms with Crippen LogP contribution in [-0.2, 0) is 0 Å². The van der Waals surface area contributed by atoms with Crippen LogP contribution in [0.5, 0.6) is 0 Å². The standard InChI is InChI=1S/C14H29NO/c1-5-7-10-15(6-2)12-11-14(3,4)9-8-13(12)16/h12-13,16H,5-11H2,1-4H3. The summed E-state index contributed by atoms with van der Waals surface area (Å²) in [6.45, 7) is 11.3. The minimum absolute atomic E-state index is 0.107. The van der Waals surface area contributed by atoms with Gasteiger partial charge in [0.25, 0.3) is 0 Å². The molecule has 16 heavy (non-hydrogen) atoms. The van der Waals surface area contributed by atoms with Crippen molar-refractivity contribution in [3.8, 4) is 0 Å². The SMILES string of the molecule is CCCCN(CC)C1CC(C)(C)CCC1O. The molecule has 1 aliphatic carbocycles. The zero-order valence-corrected chi connectivity index (χ0v) is 11.5. The molecule has 0 spiro atoms. The molecule has 0 aliphatic heterocycles. The largest absolute Gasteiger partial charge is 0.391 e. The Balaban J connectivity index is 2.58. The molecule has 0 saturated heterocycles. The summed E-state index contributed by atoms with van der Waals surface area (Å²) in [4.78, 5) is 2.48. The number of hydrogen-bond donors (Lipinski definition) is 1. The first kappa shape index (κ1) is 14.0. The Kier molecular flexibility index (Phi) is 5.26. The summed E-state index contributed by atoms with van der Waals surface area (Å²) in [5.74, 6) is 0. The van der Waals surface area contributed by atoms with E-state index in [1.807, 2.05) is 0 Å². The van der Waals surface area contributed by atoms with Gasteiger partial charge in [-0.05, 0) is 44.2 Å². The number of nitrogens with zero attached hydrogens (tertiary/aromatic N) is 1. The molecule has 1 saturated carbocycles. The predicted molar refractivity (Wildman–Crippen MR) is 69.6 cm³/mol. The maximum atomic E-state index is 10.2. The fourth-order valence-corrected chi connectivity index (χ4v) is 2.83. The van der Waals surface area contributed by atoms with Crippen LogP contribution in [0, 0.1) is 5.41 Å². The maximum Gasteiger partial charge on any atom is 0.0695 e. The van der Waals surface area contributed by atoms with Gasteiger partial charge in [0.2, 0.25) is 0 Å². The number of unbranched alkanes of at least 4 members (excludes halogenated alkanes) is 1. The molecule has 0 bridgehead atoms. The van der Waals surface area contributed by atoms with Crippen LogP contribution >= 0.6 is 0 Å². The zero-order valence-electron chi connectivity index (χ0n) is 11.5. The third kappa shape index (κ3) is 3.74. The summed E-state index contributed by atoms with van der Waals surface area (Å²) < 4.78 is 0. The number of aliphatic hydroxyl groups excluding tert-OH is 1. The first-order valence-electron chi connectivity index (χ1n) is 6.92. The Bertz CT molecular complexity index is 203. The van der Waals surface area contributed by atoms with Gasteiger partial charge in [0.1, 0.15) is 0 Å². The lowest BCUT2D eigenvalue weighted by Gasteiger charge is -2.44. The lowest BCUT2D eigenvalue weighted by molar-refractivity contribution is -0.0158. The molecule has 0 amide bonds. The number of hydrogen-bond acceptors (Lipinski definition) is 2. The van der Waals surface area contributed by atoms with Crippen molar-refractivity contribution >= 4 is 0 Å². The van der Waals surface area contributed by atoms with Crippen LogP contribution in [0.2, 0.25) is 0 Å². The monoisotopic (exact) mass is 227 g/mol. The highest BCUT2D eigenvalue weighted by atomic mass is 16.3. The van der Waals surface area contributed by atoms with E-state index in [-0.39, 0.29) is 6.10 Å². The summed E-state index contributed by atoms with van der Waals surface area (Å²) in [6.07, 6.45) is 5.66. The minimum atomic E-state index is -0.107. The number of aliphatic hydroxyl groups is 1. The van der Waals surface area contributed by atoms with Crippen molar-refractivity contribution in [2.75, 3.05) is 13.1 Å². The highest BCUT2D eigenvalue weighted by Crippen LogP contribution is 2.37. The summed E-state index contributed by atoms with van der Waals surface area (Å²) in [6, 6.07) is 0.389. The predicted octanol–water partition coefficient (Wildman–Crippen LogP) is 3.05. The van der Waals surface area contributed by atoms with Gasteiger partial charge in [-0.15, -0.1) is 0 Å². The van der Waals surface area contributed by atoms with Crippen molar-refractivity contribution in [2.24, 2.45) is 5.41 Å². The van der Waals surface area contributed by atoms with Crippen molar-refractivity contribution in [2.45, 2.75) is 71.9 Å². The second-order valence-corrected chi connectivity index (χ2v) is 6.02. The van der Waals surface area contributed by atoms with Crippen LogP contribution < -0.4 is 0 Å². The molecule has 0 aromatic carbocycles. The molecule has 2 unspecified atom stereocenters. The fraction of sp³-hybridized carbons (Fsp3) is 1.00. The zero-order chi connectivity index (χ0) is 12.2. The van der Waals surface area contributed by atoms with E-state index in [4.69, 9.17) is 0 Å². The average Bonchev–Trinajstić information content (AvgIpc) is 2.24. The smallest absolute Gasteiger partial charge is 0.0695 e. The van der Waals surface area contributed by atoms with Crippen LogP contribution in [0.3, 0.4) is 0 Å². The molecule has 0 heterocycles. The van der Waals surface area contributed by atoms with Gasteiger partial charge in [-0.25, -0.2) is 0 Å². The first-order valence-corrected chi connectivity index (χ1v) is 6.92. The molecule has 1 fully saturated rings. The van der Waals surface area contributed by atoms with Crippen LogP contribution in [0.25, 0.3) is 0 Å². The van der Waals surface area contributed by atoms with Gasteiger partial charge >= 0.3 is 0 Å². The van der Waals surface area contributed by atoms with Gasteiger partial charge in [-0.2, -0.15) is 0 Å². The summed E-state index contributed by atoms with van der Waals surface area (Å²) in [5.41, 5.74) is 0.406. The molecule has 1 rings (SSSR count). The number of rotatable bonds is 5. The molecule has 2 atom stereocenters. The van der Waals surface area contributed by atoms with Gasteiger partial charge in [0, 0.05) is 6.04 Å². The molecule has 2 nitrogen and oxygen atoms in total. The average molecular weight is 227 g/mol. The fourth-order valence-electron chi connectivity index (χ4n) is 2.83. The van der Waals surface area contributed by atoms with Crippen molar-refractivity contribution in [3.63, 3.8) is 0 Å². The van der Waals surface area contributed by atoms with Crippen molar-refractivity contribution in [1.29, 1.82) is 0 Å². The molecule has 1 aliphatic rings. The van der Waals surface area contributed by atoms with E-state index >= 15 is 0 Å².